The fraction of sp³-hybridized carbons (Fsp3) is 0.736. The Morgan fingerprint density at radius 1 is 0.269 bits per heavy atom. The summed E-state index contributed by atoms with van der Waals surface area (Å²) in [7, 11) is 0. The van der Waals surface area contributed by atoms with Crippen LogP contribution in [0.2, 0.25) is 0 Å². The van der Waals surface area contributed by atoms with Crippen LogP contribution in [0.3, 0.4) is 0 Å². The van der Waals surface area contributed by atoms with Crippen molar-refractivity contribution in [2.75, 3.05) is 13.2 Å². The first-order valence-corrected chi connectivity index (χ1v) is 33.2. The molecule has 448 valence electrons. The molecule has 1 atom stereocenters. The van der Waals surface area contributed by atoms with Gasteiger partial charge in [0.05, 0.1) is 0 Å². The molecule has 0 amide bonds. The Morgan fingerprint density at radius 2 is 0.500 bits per heavy atom. The Bertz CT molecular complexity index is 1530. The lowest BCUT2D eigenvalue weighted by Crippen LogP contribution is -2.30. The molecule has 6 heteroatoms. The minimum absolute atomic E-state index is 0.0774. The van der Waals surface area contributed by atoms with Crippen molar-refractivity contribution in [1.82, 2.24) is 0 Å². The van der Waals surface area contributed by atoms with Gasteiger partial charge in [-0.1, -0.05) is 298 Å². The summed E-state index contributed by atoms with van der Waals surface area (Å²) >= 11 is 0. The van der Waals surface area contributed by atoms with E-state index in [0.717, 1.165) is 109 Å². The minimum atomic E-state index is -0.781. The fourth-order valence-electron chi connectivity index (χ4n) is 9.36. The van der Waals surface area contributed by atoms with E-state index in [1.54, 1.807) is 0 Å². The minimum Gasteiger partial charge on any atom is -0.462 e. The number of allylic oxidation sites excluding steroid dienone is 16. The molecule has 0 aliphatic heterocycles. The molecule has 0 aromatic rings. The number of carbonyl (C=O) groups is 3. The van der Waals surface area contributed by atoms with E-state index in [0.29, 0.717) is 19.3 Å². The van der Waals surface area contributed by atoms with Crippen molar-refractivity contribution in [1.29, 1.82) is 0 Å². The summed E-state index contributed by atoms with van der Waals surface area (Å²) < 4.78 is 16.9. The molecule has 0 saturated carbocycles. The summed E-state index contributed by atoms with van der Waals surface area (Å²) in [5.74, 6) is -0.877. The van der Waals surface area contributed by atoms with Gasteiger partial charge < -0.3 is 14.2 Å². The van der Waals surface area contributed by atoms with Crippen LogP contribution in [0.25, 0.3) is 0 Å². The molecule has 0 aromatic carbocycles. The van der Waals surface area contributed by atoms with Crippen molar-refractivity contribution in [3.63, 3.8) is 0 Å². The second-order valence-corrected chi connectivity index (χ2v) is 22.0. The van der Waals surface area contributed by atoms with E-state index in [1.165, 1.54) is 173 Å². The zero-order chi connectivity index (χ0) is 56.4. The molecule has 0 fully saturated rings. The average molecular weight is 1090 g/mol. The summed E-state index contributed by atoms with van der Waals surface area (Å²) in [6, 6.07) is 0. The van der Waals surface area contributed by atoms with Gasteiger partial charge in [0.1, 0.15) is 13.2 Å². The van der Waals surface area contributed by atoms with Crippen LogP contribution in [-0.4, -0.2) is 37.2 Å². The maximum atomic E-state index is 12.9. The molecule has 0 radical (unpaired) electrons. The topological polar surface area (TPSA) is 78.9 Å². The van der Waals surface area contributed by atoms with E-state index >= 15 is 0 Å². The van der Waals surface area contributed by atoms with Crippen molar-refractivity contribution < 1.29 is 28.6 Å². The summed E-state index contributed by atoms with van der Waals surface area (Å²) in [5, 5.41) is 0. The van der Waals surface area contributed by atoms with Gasteiger partial charge in [0.25, 0.3) is 0 Å². The monoisotopic (exact) mass is 1080 g/mol. The summed E-state index contributed by atoms with van der Waals surface area (Å²) in [4.78, 5) is 38.3. The van der Waals surface area contributed by atoms with Crippen LogP contribution in [0.4, 0.5) is 0 Å². The van der Waals surface area contributed by atoms with Crippen LogP contribution in [0, 0.1) is 0 Å². The normalized spacial score (nSPS) is 12.7. The highest BCUT2D eigenvalue weighted by Crippen LogP contribution is 2.16. The number of hydrogen-bond acceptors (Lipinski definition) is 6. The van der Waals surface area contributed by atoms with Gasteiger partial charge in [0, 0.05) is 19.3 Å². The predicted molar refractivity (Wildman–Crippen MR) is 339 cm³/mol. The fourth-order valence-corrected chi connectivity index (χ4v) is 9.36. The average Bonchev–Trinajstić information content (AvgIpc) is 3.44. The first-order valence-electron chi connectivity index (χ1n) is 33.2. The Hall–Kier alpha value is -3.67. The van der Waals surface area contributed by atoms with Gasteiger partial charge in [-0.2, -0.15) is 0 Å². The Kier molecular flexibility index (Phi) is 62.7. The van der Waals surface area contributed by atoms with Gasteiger partial charge in [-0.05, 0) is 103 Å². The van der Waals surface area contributed by atoms with E-state index in [-0.39, 0.29) is 31.1 Å². The number of hydrogen-bond donors (Lipinski definition) is 0. The van der Waals surface area contributed by atoms with Crippen LogP contribution in [0.5, 0.6) is 0 Å². The summed E-state index contributed by atoms with van der Waals surface area (Å²) in [5.41, 5.74) is 0. The first kappa shape index (κ1) is 74.3. The van der Waals surface area contributed by atoms with Crippen molar-refractivity contribution >= 4 is 17.9 Å². The lowest BCUT2D eigenvalue weighted by molar-refractivity contribution is -0.167. The molecule has 0 aliphatic rings. The van der Waals surface area contributed by atoms with Crippen LogP contribution >= 0.6 is 0 Å². The maximum Gasteiger partial charge on any atom is 0.306 e. The second kappa shape index (κ2) is 65.8. The highest BCUT2D eigenvalue weighted by Gasteiger charge is 2.19. The zero-order valence-electron chi connectivity index (χ0n) is 51.4. The molecule has 0 heterocycles. The molecule has 6 nitrogen and oxygen atoms in total. The number of ether oxygens (including phenoxy) is 3. The molecular formula is C72H124O6. The third kappa shape index (κ3) is 63.2. The molecule has 78 heavy (non-hydrogen) atoms. The number of esters is 3. The molecule has 1 unspecified atom stereocenters. The molecular weight excluding hydrogens is 961 g/mol. The highest BCUT2D eigenvalue weighted by atomic mass is 16.6. The van der Waals surface area contributed by atoms with Crippen LogP contribution in [-0.2, 0) is 28.6 Å². The van der Waals surface area contributed by atoms with Gasteiger partial charge in [-0.25, -0.2) is 0 Å². The smallest absolute Gasteiger partial charge is 0.306 e. The van der Waals surface area contributed by atoms with E-state index in [9.17, 15) is 14.4 Å². The van der Waals surface area contributed by atoms with E-state index in [2.05, 4.69) is 118 Å². The van der Waals surface area contributed by atoms with E-state index < -0.39 is 6.10 Å². The zero-order valence-corrected chi connectivity index (χ0v) is 51.4. The maximum absolute atomic E-state index is 12.9. The van der Waals surface area contributed by atoms with Crippen molar-refractivity contribution in [3.8, 4) is 0 Å². The van der Waals surface area contributed by atoms with Gasteiger partial charge in [0.2, 0.25) is 0 Å². The largest absolute Gasteiger partial charge is 0.462 e. The quantitative estimate of drug-likeness (QED) is 0.0261. The Morgan fingerprint density at radius 3 is 0.795 bits per heavy atom. The Labute approximate surface area is 483 Å². The number of carbonyl (C=O) groups excluding carboxylic acids is 3. The van der Waals surface area contributed by atoms with Crippen molar-refractivity contribution in [2.45, 2.75) is 329 Å². The number of unbranched alkanes of at least 4 members (excludes halogenated alkanes) is 33. The predicted octanol–water partition coefficient (Wildman–Crippen LogP) is 22.8. The third-order valence-electron chi connectivity index (χ3n) is 14.3. The molecule has 0 saturated heterocycles. The van der Waals surface area contributed by atoms with E-state index in [1.807, 2.05) is 0 Å². The van der Waals surface area contributed by atoms with Gasteiger partial charge >= 0.3 is 17.9 Å². The third-order valence-corrected chi connectivity index (χ3v) is 14.3. The van der Waals surface area contributed by atoms with Gasteiger partial charge in [-0.3, -0.25) is 14.4 Å². The second-order valence-electron chi connectivity index (χ2n) is 22.0. The Balaban J connectivity index is 4.24. The molecule has 0 spiro atoms. The lowest BCUT2D eigenvalue weighted by atomic mass is 10.1. The first-order chi connectivity index (χ1) is 38.5. The van der Waals surface area contributed by atoms with Crippen molar-refractivity contribution in [3.05, 3.63) is 97.2 Å². The lowest BCUT2D eigenvalue weighted by Gasteiger charge is -2.18. The summed E-state index contributed by atoms with van der Waals surface area (Å²) in [6.07, 6.45) is 88.5. The van der Waals surface area contributed by atoms with Crippen LogP contribution in [0.1, 0.15) is 323 Å². The van der Waals surface area contributed by atoms with Gasteiger partial charge in [0.15, 0.2) is 6.10 Å². The molecule has 0 aromatic heterocycles. The van der Waals surface area contributed by atoms with Gasteiger partial charge in [-0.15, -0.1) is 0 Å². The van der Waals surface area contributed by atoms with Crippen LogP contribution in [0.15, 0.2) is 97.2 Å². The summed E-state index contributed by atoms with van der Waals surface area (Å²) in [6.45, 7) is 6.54. The van der Waals surface area contributed by atoms with E-state index in [4.69, 9.17) is 14.2 Å². The molecule has 0 bridgehead atoms. The molecule has 0 rings (SSSR count). The highest BCUT2D eigenvalue weighted by molar-refractivity contribution is 5.71. The standard InChI is InChI=1S/C72H124O6/c1-4-7-10-13-16-19-22-24-26-28-30-31-32-33-34-35-36-37-38-39-40-41-42-44-45-47-50-53-56-59-62-65-71(74)77-68-69(67-76-70(73)64-61-58-55-52-49-21-18-15-12-9-6-3)78-72(75)66-63-60-57-54-51-48-46-43-29-27-25-23-20-17-14-11-8-5-2/h7,10,16,19,24,26-27,29-31,33-34,36-37,39-40,69H,4-6,8-9,11-15,17-18,20-23,25,28,32,35,38,41-68H2,1-3H3/b10-7-,19-16-,26-24-,29-27-,31-30-,34-33-,37-36-,40-39-. The number of rotatable bonds is 60. The molecule has 0 aliphatic carbocycles. The van der Waals surface area contributed by atoms with Crippen LogP contribution < -0.4 is 0 Å². The van der Waals surface area contributed by atoms with Crippen molar-refractivity contribution in [2.24, 2.45) is 0 Å². The SMILES string of the molecule is CC/C=C\C/C=C\C/C=C\C/C=C\C/C=C\C/C=C\C/C=C\CCCCCCCCCCCC(=O)OCC(COC(=O)CCCCCCCCCCCCC)OC(=O)CCCCCCCCC/C=C\CCCCCCCCC. The molecule has 0 N–H and O–H groups in total.